The zero-order chi connectivity index (χ0) is 16.1. The highest BCUT2D eigenvalue weighted by Gasteiger charge is 2.02. The molecule has 0 aliphatic carbocycles. The molecule has 0 heterocycles. The van der Waals surface area contributed by atoms with E-state index in [1.165, 1.54) is 16.3 Å². The van der Waals surface area contributed by atoms with Crippen LogP contribution in [0.2, 0.25) is 0 Å². The van der Waals surface area contributed by atoms with Gasteiger partial charge in [0.15, 0.2) is 5.17 Å². The second-order valence-corrected chi connectivity index (χ2v) is 6.07. The third-order valence-electron chi connectivity index (χ3n) is 3.57. The first-order valence-corrected chi connectivity index (χ1v) is 8.32. The largest absolute Gasteiger partial charge is 0.497 e. The molecule has 0 spiro atoms. The molecule has 0 saturated carbocycles. The summed E-state index contributed by atoms with van der Waals surface area (Å²) in [5.41, 5.74) is 8.14. The molecule has 0 saturated heterocycles. The van der Waals surface area contributed by atoms with Crippen molar-refractivity contribution in [1.82, 2.24) is 0 Å². The smallest absolute Gasteiger partial charge is 0.159 e. The van der Waals surface area contributed by atoms with Crippen molar-refractivity contribution in [3.63, 3.8) is 0 Å². The average Bonchev–Trinajstić information content (AvgIpc) is 2.60. The summed E-state index contributed by atoms with van der Waals surface area (Å²) < 4.78 is 5.14. The predicted molar refractivity (Wildman–Crippen MR) is 99.5 cm³/mol. The molecule has 3 aromatic rings. The summed E-state index contributed by atoms with van der Waals surface area (Å²) in [5.74, 6) is 1.61. The number of nitrogens with zero attached hydrogens (tertiary/aromatic N) is 1. The average molecular weight is 322 g/mol. The SMILES string of the molecule is COc1ccc(N=C(N)SCc2cccc3ccccc23)cc1. The molecule has 3 nitrogen and oxygen atoms in total. The van der Waals surface area contributed by atoms with E-state index in [1.54, 1.807) is 18.9 Å². The van der Waals surface area contributed by atoms with Gasteiger partial charge in [-0.25, -0.2) is 4.99 Å². The predicted octanol–water partition coefficient (Wildman–Crippen LogP) is 4.73. The Kier molecular flexibility index (Phi) is 4.83. The van der Waals surface area contributed by atoms with Gasteiger partial charge in [-0.05, 0) is 40.6 Å². The number of rotatable bonds is 4. The van der Waals surface area contributed by atoms with Crippen LogP contribution in [-0.4, -0.2) is 12.3 Å². The second kappa shape index (κ2) is 7.20. The number of hydrogen-bond donors (Lipinski definition) is 1. The van der Waals surface area contributed by atoms with Gasteiger partial charge in [-0.3, -0.25) is 0 Å². The van der Waals surface area contributed by atoms with Gasteiger partial charge >= 0.3 is 0 Å². The highest BCUT2D eigenvalue weighted by Crippen LogP contribution is 2.24. The number of hydrogen-bond acceptors (Lipinski definition) is 3. The number of nitrogens with two attached hydrogens (primary N) is 1. The molecular weight excluding hydrogens is 304 g/mol. The Labute approximate surface area is 140 Å². The number of aliphatic imine (C=N–C) groups is 1. The summed E-state index contributed by atoms with van der Waals surface area (Å²) in [6.45, 7) is 0. The van der Waals surface area contributed by atoms with E-state index >= 15 is 0 Å². The molecule has 116 valence electrons. The third-order valence-corrected chi connectivity index (χ3v) is 4.41. The van der Waals surface area contributed by atoms with Crippen LogP contribution in [0.1, 0.15) is 5.56 Å². The minimum absolute atomic E-state index is 0.558. The van der Waals surface area contributed by atoms with Gasteiger partial charge in [-0.1, -0.05) is 54.2 Å². The molecule has 0 atom stereocenters. The van der Waals surface area contributed by atoms with Crippen LogP contribution in [0.3, 0.4) is 0 Å². The Balaban J connectivity index is 1.72. The molecule has 3 aromatic carbocycles. The second-order valence-electron chi connectivity index (χ2n) is 5.08. The molecule has 4 heteroatoms. The fourth-order valence-corrected chi connectivity index (χ4v) is 3.11. The molecule has 0 aliphatic heterocycles. The van der Waals surface area contributed by atoms with Crippen molar-refractivity contribution in [3.8, 4) is 5.75 Å². The Hall–Kier alpha value is -2.46. The Morgan fingerprint density at radius 2 is 1.74 bits per heavy atom. The van der Waals surface area contributed by atoms with Crippen molar-refractivity contribution in [2.45, 2.75) is 5.75 Å². The van der Waals surface area contributed by atoms with Crippen LogP contribution in [0.4, 0.5) is 5.69 Å². The monoisotopic (exact) mass is 322 g/mol. The number of amidine groups is 1. The first-order valence-electron chi connectivity index (χ1n) is 7.34. The lowest BCUT2D eigenvalue weighted by Crippen LogP contribution is -2.06. The Morgan fingerprint density at radius 3 is 2.52 bits per heavy atom. The molecule has 3 rings (SSSR count). The molecule has 0 bridgehead atoms. The van der Waals surface area contributed by atoms with E-state index in [1.807, 2.05) is 24.3 Å². The maximum atomic E-state index is 6.05. The topological polar surface area (TPSA) is 47.6 Å². The van der Waals surface area contributed by atoms with Gasteiger partial charge in [0.25, 0.3) is 0 Å². The standard InChI is InChI=1S/C19H18N2OS/c1-22-17-11-9-16(10-12-17)21-19(20)23-13-15-7-4-6-14-5-2-3-8-18(14)15/h2-12H,13H2,1H3,(H2,20,21). The van der Waals surface area contributed by atoms with Crippen molar-refractivity contribution in [2.24, 2.45) is 10.7 Å². The fourth-order valence-electron chi connectivity index (χ4n) is 2.39. The molecule has 23 heavy (non-hydrogen) atoms. The lowest BCUT2D eigenvalue weighted by atomic mass is 10.1. The molecule has 0 fully saturated rings. The summed E-state index contributed by atoms with van der Waals surface area (Å²) >= 11 is 1.55. The van der Waals surface area contributed by atoms with E-state index < -0.39 is 0 Å². The zero-order valence-corrected chi connectivity index (χ0v) is 13.7. The van der Waals surface area contributed by atoms with Gasteiger partial charge in [0.05, 0.1) is 12.8 Å². The van der Waals surface area contributed by atoms with Crippen LogP contribution in [0, 0.1) is 0 Å². The molecule has 0 aromatic heterocycles. The zero-order valence-electron chi connectivity index (χ0n) is 12.9. The van der Waals surface area contributed by atoms with Crippen LogP contribution < -0.4 is 10.5 Å². The summed E-state index contributed by atoms with van der Waals surface area (Å²) in [4.78, 5) is 4.43. The summed E-state index contributed by atoms with van der Waals surface area (Å²) in [6, 6.07) is 22.3. The van der Waals surface area contributed by atoms with E-state index in [0.29, 0.717) is 5.17 Å². The first-order chi connectivity index (χ1) is 11.3. The van der Waals surface area contributed by atoms with E-state index in [0.717, 1.165) is 17.2 Å². The maximum absolute atomic E-state index is 6.05. The number of thioether (sulfide) groups is 1. The lowest BCUT2D eigenvalue weighted by molar-refractivity contribution is 0.415. The van der Waals surface area contributed by atoms with E-state index in [-0.39, 0.29) is 0 Å². The number of ether oxygens (including phenoxy) is 1. The maximum Gasteiger partial charge on any atom is 0.159 e. The summed E-state index contributed by atoms with van der Waals surface area (Å²) in [7, 11) is 1.65. The van der Waals surface area contributed by atoms with Crippen LogP contribution >= 0.6 is 11.8 Å². The van der Waals surface area contributed by atoms with Crippen molar-refractivity contribution >= 4 is 33.4 Å². The van der Waals surface area contributed by atoms with Crippen LogP contribution in [-0.2, 0) is 5.75 Å². The number of benzene rings is 3. The Bertz CT molecular complexity index is 823. The highest BCUT2D eigenvalue weighted by molar-refractivity contribution is 8.13. The van der Waals surface area contributed by atoms with Gasteiger partial charge in [-0.15, -0.1) is 0 Å². The van der Waals surface area contributed by atoms with Crippen molar-refractivity contribution in [3.05, 3.63) is 72.3 Å². The highest BCUT2D eigenvalue weighted by atomic mass is 32.2. The molecule has 0 amide bonds. The number of methoxy groups -OCH3 is 1. The van der Waals surface area contributed by atoms with Crippen LogP contribution in [0.15, 0.2) is 71.7 Å². The van der Waals surface area contributed by atoms with Gasteiger partial charge < -0.3 is 10.5 Å². The van der Waals surface area contributed by atoms with Gasteiger partial charge in [0, 0.05) is 5.75 Å². The van der Waals surface area contributed by atoms with Crippen molar-refractivity contribution in [1.29, 1.82) is 0 Å². The molecule has 0 unspecified atom stereocenters. The van der Waals surface area contributed by atoms with Crippen molar-refractivity contribution < 1.29 is 4.74 Å². The molecular formula is C19H18N2OS. The van der Waals surface area contributed by atoms with Gasteiger partial charge in [-0.2, -0.15) is 0 Å². The first kappa shape index (κ1) is 15.4. The minimum atomic E-state index is 0.558. The van der Waals surface area contributed by atoms with Gasteiger partial charge in [0.1, 0.15) is 5.75 Å². The van der Waals surface area contributed by atoms with E-state index in [9.17, 15) is 0 Å². The van der Waals surface area contributed by atoms with E-state index in [4.69, 9.17) is 10.5 Å². The fraction of sp³-hybridized carbons (Fsp3) is 0.105. The number of fused-ring (bicyclic) bond motifs is 1. The molecule has 0 radical (unpaired) electrons. The lowest BCUT2D eigenvalue weighted by Gasteiger charge is -2.06. The van der Waals surface area contributed by atoms with Crippen LogP contribution in [0.5, 0.6) is 5.75 Å². The minimum Gasteiger partial charge on any atom is -0.497 e. The quantitative estimate of drug-likeness (QED) is 0.558. The van der Waals surface area contributed by atoms with Gasteiger partial charge in [0.2, 0.25) is 0 Å². The molecule has 2 N–H and O–H groups in total. The normalized spacial score (nSPS) is 11.6. The third kappa shape index (κ3) is 3.85. The molecule has 0 aliphatic rings. The van der Waals surface area contributed by atoms with Crippen molar-refractivity contribution in [2.75, 3.05) is 7.11 Å². The van der Waals surface area contributed by atoms with E-state index in [2.05, 4.69) is 47.5 Å². The summed E-state index contributed by atoms with van der Waals surface area (Å²) in [6.07, 6.45) is 0. The van der Waals surface area contributed by atoms with Crippen LogP contribution in [0.25, 0.3) is 10.8 Å². The summed E-state index contributed by atoms with van der Waals surface area (Å²) in [5, 5.41) is 3.07. The Morgan fingerprint density at radius 1 is 1.00 bits per heavy atom.